The number of nitrogens with zero attached hydrogens (tertiary/aromatic N) is 1. The quantitative estimate of drug-likeness (QED) is 0.344. The molecule has 1 aliphatic carbocycles. The zero-order valence-electron chi connectivity index (χ0n) is 20.1. The molecule has 0 aliphatic heterocycles. The van der Waals surface area contributed by atoms with E-state index < -0.39 is 6.04 Å². The highest BCUT2D eigenvalue weighted by Crippen LogP contribution is 2.39. The molecule has 2 N–H and O–H groups in total. The van der Waals surface area contributed by atoms with Crippen LogP contribution in [0, 0.1) is 0 Å². The summed E-state index contributed by atoms with van der Waals surface area (Å²) in [7, 11) is 0. The lowest BCUT2D eigenvalue weighted by atomic mass is 9.95. The molecule has 0 unspecified atom stereocenters. The van der Waals surface area contributed by atoms with Gasteiger partial charge in [0.2, 0.25) is 5.91 Å². The maximum Gasteiger partial charge on any atom is 0.341 e. The number of esters is 1. The van der Waals surface area contributed by atoms with Gasteiger partial charge in [-0.25, -0.2) is 4.79 Å². The number of ether oxygens (including phenoxy) is 1. The molecule has 1 atom stereocenters. The van der Waals surface area contributed by atoms with Crippen LogP contribution in [0.5, 0.6) is 0 Å². The molecule has 1 aromatic heterocycles. The predicted molar refractivity (Wildman–Crippen MR) is 135 cm³/mol. The van der Waals surface area contributed by atoms with Crippen LogP contribution in [0.25, 0.3) is 0 Å². The minimum absolute atomic E-state index is 0.145. The molecule has 0 fully saturated rings. The van der Waals surface area contributed by atoms with Gasteiger partial charge in [0.1, 0.15) is 11.0 Å². The maximum atomic E-state index is 13.5. The normalized spacial score (nSPS) is 14.1. The van der Waals surface area contributed by atoms with Crippen molar-refractivity contribution in [2.75, 3.05) is 38.1 Å². The Balaban J connectivity index is 1.78. The second-order valence-corrected chi connectivity index (χ2v) is 9.41. The first-order chi connectivity index (χ1) is 16.1. The van der Waals surface area contributed by atoms with Gasteiger partial charge in [0, 0.05) is 4.88 Å². The zero-order valence-corrected chi connectivity index (χ0v) is 20.9. The Kier molecular flexibility index (Phi) is 9.91. The van der Waals surface area contributed by atoms with E-state index in [1.807, 2.05) is 37.3 Å². The first-order valence-corrected chi connectivity index (χ1v) is 13.0. The average Bonchev–Trinajstić information content (AvgIpc) is 3.20. The van der Waals surface area contributed by atoms with Crippen molar-refractivity contribution in [3.05, 3.63) is 51.9 Å². The lowest BCUT2D eigenvalue weighted by Crippen LogP contribution is -2.35. The topological polar surface area (TPSA) is 70.7 Å². The lowest BCUT2D eigenvalue weighted by molar-refractivity contribution is -0.118. The van der Waals surface area contributed by atoms with Crippen LogP contribution in [0.15, 0.2) is 30.3 Å². The van der Waals surface area contributed by atoms with Gasteiger partial charge in [-0.05, 0) is 76.3 Å². The number of aryl methyl sites for hydroxylation is 1. The number of anilines is 1. The summed E-state index contributed by atoms with van der Waals surface area (Å²) in [5.41, 5.74) is 2.53. The van der Waals surface area contributed by atoms with E-state index in [9.17, 15) is 9.59 Å². The van der Waals surface area contributed by atoms with Crippen molar-refractivity contribution in [2.24, 2.45) is 0 Å². The molecule has 0 radical (unpaired) electrons. The third kappa shape index (κ3) is 6.65. The molecule has 6 nitrogen and oxygen atoms in total. The molecule has 2 aromatic rings. The molecule has 33 heavy (non-hydrogen) atoms. The van der Waals surface area contributed by atoms with Gasteiger partial charge in [-0.2, -0.15) is 0 Å². The van der Waals surface area contributed by atoms with Crippen LogP contribution in [0.1, 0.15) is 72.4 Å². The Morgan fingerprint density at radius 2 is 1.82 bits per heavy atom. The van der Waals surface area contributed by atoms with E-state index >= 15 is 0 Å². The fraction of sp³-hybridized carbons (Fsp3) is 0.538. The Morgan fingerprint density at radius 1 is 1.09 bits per heavy atom. The van der Waals surface area contributed by atoms with E-state index in [0.29, 0.717) is 17.2 Å². The lowest BCUT2D eigenvalue weighted by Gasteiger charge is -2.21. The van der Waals surface area contributed by atoms with E-state index in [1.54, 1.807) is 0 Å². The van der Waals surface area contributed by atoms with E-state index in [4.69, 9.17) is 4.74 Å². The Hall–Kier alpha value is -2.22. The number of carbonyl (C=O) groups is 2. The van der Waals surface area contributed by atoms with Crippen molar-refractivity contribution < 1.29 is 14.3 Å². The number of carbonyl (C=O) groups excluding carboxylic acids is 2. The summed E-state index contributed by atoms with van der Waals surface area (Å²) in [6, 6.07) is 9.28. The highest BCUT2D eigenvalue weighted by molar-refractivity contribution is 7.17. The largest absolute Gasteiger partial charge is 0.462 e. The number of benzene rings is 1. The van der Waals surface area contributed by atoms with Gasteiger partial charge >= 0.3 is 5.97 Å². The van der Waals surface area contributed by atoms with Crippen LogP contribution in [0.2, 0.25) is 0 Å². The standard InChI is InChI=1S/C26H37N3O3S/c1-4-29(5-2)18-12-17-27-23(19-13-8-7-9-14-19)24(30)28-25-22(26(31)32-6-3)20-15-10-11-16-21(20)33-25/h7-9,13-14,23,27H,4-6,10-12,15-18H2,1-3H3,(H,28,30)/t23-/m1/s1. The minimum Gasteiger partial charge on any atom is -0.462 e. The summed E-state index contributed by atoms with van der Waals surface area (Å²) >= 11 is 1.53. The molecule has 7 heteroatoms. The molecule has 0 spiro atoms. The summed E-state index contributed by atoms with van der Waals surface area (Å²) in [4.78, 5) is 29.8. The predicted octanol–water partition coefficient (Wildman–Crippen LogP) is 4.80. The van der Waals surface area contributed by atoms with Gasteiger partial charge in [-0.15, -0.1) is 11.3 Å². The van der Waals surface area contributed by atoms with Crippen LogP contribution in [-0.2, 0) is 22.4 Å². The highest BCUT2D eigenvalue weighted by atomic mass is 32.1. The van der Waals surface area contributed by atoms with Crippen molar-refractivity contribution in [3.63, 3.8) is 0 Å². The number of hydrogen-bond donors (Lipinski definition) is 2. The average molecular weight is 472 g/mol. The molecular formula is C26H37N3O3S. The third-order valence-corrected chi connectivity index (χ3v) is 7.38. The van der Waals surface area contributed by atoms with E-state index in [0.717, 1.165) is 69.4 Å². The van der Waals surface area contributed by atoms with Crippen LogP contribution in [-0.4, -0.2) is 49.6 Å². The third-order valence-electron chi connectivity index (χ3n) is 6.18. The number of nitrogens with one attached hydrogen (secondary N) is 2. The summed E-state index contributed by atoms with van der Waals surface area (Å²) in [6.45, 7) is 10.2. The van der Waals surface area contributed by atoms with Crippen molar-refractivity contribution in [3.8, 4) is 0 Å². The number of hydrogen-bond acceptors (Lipinski definition) is 6. The molecule has 0 saturated carbocycles. The maximum absolute atomic E-state index is 13.5. The molecular weight excluding hydrogens is 434 g/mol. The first-order valence-electron chi connectivity index (χ1n) is 12.2. The Bertz CT molecular complexity index is 909. The van der Waals surface area contributed by atoms with Crippen LogP contribution >= 0.6 is 11.3 Å². The highest BCUT2D eigenvalue weighted by Gasteiger charge is 2.29. The van der Waals surface area contributed by atoms with Gasteiger partial charge in [0.15, 0.2) is 0 Å². The molecule has 1 heterocycles. The van der Waals surface area contributed by atoms with Crippen molar-refractivity contribution in [1.82, 2.24) is 10.2 Å². The SMILES string of the molecule is CCOC(=O)c1c(NC(=O)[C@H](NCCCN(CC)CC)c2ccccc2)sc2c1CCCC2. The zero-order chi connectivity index (χ0) is 23.6. The van der Waals surface area contributed by atoms with Crippen molar-refractivity contribution in [1.29, 1.82) is 0 Å². The monoisotopic (exact) mass is 471 g/mol. The molecule has 0 bridgehead atoms. The fourth-order valence-electron chi connectivity index (χ4n) is 4.35. The fourth-order valence-corrected chi connectivity index (χ4v) is 5.63. The Morgan fingerprint density at radius 3 is 2.52 bits per heavy atom. The molecule has 1 aromatic carbocycles. The van der Waals surface area contributed by atoms with Crippen LogP contribution < -0.4 is 10.6 Å². The van der Waals surface area contributed by atoms with Crippen molar-refractivity contribution >= 4 is 28.2 Å². The smallest absolute Gasteiger partial charge is 0.341 e. The second kappa shape index (κ2) is 12.9. The minimum atomic E-state index is -0.489. The second-order valence-electron chi connectivity index (χ2n) is 8.30. The van der Waals surface area contributed by atoms with Gasteiger partial charge in [0.25, 0.3) is 0 Å². The molecule has 3 rings (SSSR count). The first kappa shape index (κ1) is 25.4. The number of rotatable bonds is 12. The van der Waals surface area contributed by atoms with Crippen LogP contribution in [0.3, 0.4) is 0 Å². The summed E-state index contributed by atoms with van der Waals surface area (Å²) in [6.07, 6.45) is 4.95. The van der Waals surface area contributed by atoms with Gasteiger partial charge < -0.3 is 20.3 Å². The molecule has 1 amide bonds. The van der Waals surface area contributed by atoms with E-state index in [1.165, 1.54) is 16.2 Å². The van der Waals surface area contributed by atoms with Gasteiger partial charge in [-0.1, -0.05) is 44.2 Å². The summed E-state index contributed by atoms with van der Waals surface area (Å²) in [5.74, 6) is -0.483. The molecule has 1 aliphatic rings. The molecule has 0 saturated heterocycles. The Labute approximate surface area is 201 Å². The van der Waals surface area contributed by atoms with Gasteiger partial charge in [-0.3, -0.25) is 4.79 Å². The van der Waals surface area contributed by atoms with Crippen LogP contribution in [0.4, 0.5) is 5.00 Å². The van der Waals surface area contributed by atoms with E-state index in [-0.39, 0.29) is 11.9 Å². The number of fused-ring (bicyclic) bond motifs is 1. The van der Waals surface area contributed by atoms with E-state index in [2.05, 4.69) is 29.4 Å². The number of amides is 1. The number of thiophene rings is 1. The summed E-state index contributed by atoms with van der Waals surface area (Å²) in [5, 5.41) is 7.15. The van der Waals surface area contributed by atoms with Crippen molar-refractivity contribution in [2.45, 2.75) is 58.9 Å². The molecule has 180 valence electrons. The van der Waals surface area contributed by atoms with Gasteiger partial charge in [0.05, 0.1) is 12.2 Å². The summed E-state index contributed by atoms with van der Waals surface area (Å²) < 4.78 is 5.34.